The summed E-state index contributed by atoms with van der Waals surface area (Å²) in [5.41, 5.74) is 5.74. The van der Waals surface area contributed by atoms with E-state index in [9.17, 15) is 0 Å². The van der Waals surface area contributed by atoms with E-state index in [2.05, 4.69) is 25.8 Å². The zero-order chi connectivity index (χ0) is 10.3. The third-order valence-electron chi connectivity index (χ3n) is 2.47. The molecule has 0 aliphatic rings. The third-order valence-corrected chi connectivity index (χ3v) is 2.47. The molecular weight excluding hydrogens is 164 g/mol. The van der Waals surface area contributed by atoms with Crippen LogP contribution in [0.25, 0.3) is 0 Å². The maximum atomic E-state index is 5.74. The Balaban J connectivity index is 3.98. The average Bonchev–Trinajstić information content (AvgIpc) is 2.06. The molecule has 2 unspecified atom stereocenters. The van der Waals surface area contributed by atoms with Crippen LogP contribution in [0.3, 0.4) is 0 Å². The van der Waals surface area contributed by atoms with Crippen LogP contribution in [-0.2, 0) is 4.74 Å². The van der Waals surface area contributed by atoms with Crippen molar-refractivity contribution in [3.63, 3.8) is 0 Å². The molecule has 2 atom stereocenters. The molecule has 3 heteroatoms. The molecule has 0 spiro atoms. The fourth-order valence-corrected chi connectivity index (χ4v) is 1.74. The molecule has 0 aliphatic carbocycles. The van der Waals surface area contributed by atoms with Gasteiger partial charge in [-0.1, -0.05) is 13.8 Å². The van der Waals surface area contributed by atoms with Crippen molar-refractivity contribution in [2.45, 2.75) is 26.3 Å². The van der Waals surface area contributed by atoms with Gasteiger partial charge in [-0.2, -0.15) is 0 Å². The molecule has 0 aromatic rings. The van der Waals surface area contributed by atoms with E-state index in [0.717, 1.165) is 13.2 Å². The molecule has 0 radical (unpaired) electrons. The van der Waals surface area contributed by atoms with E-state index in [1.54, 1.807) is 7.11 Å². The Kier molecular flexibility index (Phi) is 7.23. The molecule has 0 amide bonds. The Morgan fingerprint density at radius 1 is 1.46 bits per heavy atom. The van der Waals surface area contributed by atoms with E-state index in [-0.39, 0.29) is 0 Å². The Morgan fingerprint density at radius 3 is 2.46 bits per heavy atom. The van der Waals surface area contributed by atoms with Gasteiger partial charge in [0.15, 0.2) is 0 Å². The Hall–Kier alpha value is -0.120. The summed E-state index contributed by atoms with van der Waals surface area (Å²) in [6.07, 6.45) is 1.17. The standard InChI is InChI=1S/C10H24N2O/c1-5-6-12(3)10(7-11)9(2)8-13-4/h9-10H,5-8,11H2,1-4H3. The van der Waals surface area contributed by atoms with Gasteiger partial charge in [-0.05, 0) is 25.9 Å². The lowest BCUT2D eigenvalue weighted by atomic mass is 10.0. The predicted molar refractivity (Wildman–Crippen MR) is 56.8 cm³/mol. The minimum Gasteiger partial charge on any atom is -0.384 e. The molecule has 0 aliphatic heterocycles. The number of methoxy groups -OCH3 is 1. The highest BCUT2D eigenvalue weighted by Gasteiger charge is 2.19. The predicted octanol–water partition coefficient (Wildman–Crippen LogP) is 0.938. The van der Waals surface area contributed by atoms with E-state index in [4.69, 9.17) is 10.5 Å². The summed E-state index contributed by atoms with van der Waals surface area (Å²) in [7, 11) is 3.87. The molecule has 80 valence electrons. The molecule has 0 saturated heterocycles. The molecule has 0 fully saturated rings. The number of hydrogen-bond acceptors (Lipinski definition) is 3. The minimum atomic E-state index is 0.444. The first-order valence-corrected chi connectivity index (χ1v) is 5.06. The summed E-state index contributed by atoms with van der Waals surface area (Å²) in [6, 6.07) is 0.444. The molecule has 0 aromatic heterocycles. The largest absolute Gasteiger partial charge is 0.384 e. The number of nitrogens with zero attached hydrogens (tertiary/aromatic N) is 1. The molecule has 13 heavy (non-hydrogen) atoms. The second-order valence-corrected chi connectivity index (χ2v) is 3.72. The molecule has 0 heterocycles. The summed E-state index contributed by atoms with van der Waals surface area (Å²) < 4.78 is 5.13. The summed E-state index contributed by atoms with van der Waals surface area (Å²) >= 11 is 0. The number of nitrogens with two attached hydrogens (primary N) is 1. The van der Waals surface area contributed by atoms with E-state index in [1.807, 2.05) is 0 Å². The summed E-state index contributed by atoms with van der Waals surface area (Å²) in [5, 5.41) is 0. The van der Waals surface area contributed by atoms with E-state index >= 15 is 0 Å². The number of ether oxygens (including phenoxy) is 1. The Bertz CT molecular complexity index is 107. The van der Waals surface area contributed by atoms with Gasteiger partial charge in [0.25, 0.3) is 0 Å². The van der Waals surface area contributed by atoms with Crippen molar-refractivity contribution in [2.24, 2.45) is 11.7 Å². The first kappa shape index (κ1) is 12.9. The zero-order valence-electron chi connectivity index (χ0n) is 9.42. The van der Waals surface area contributed by atoms with Gasteiger partial charge < -0.3 is 15.4 Å². The van der Waals surface area contributed by atoms with Crippen LogP contribution in [0.1, 0.15) is 20.3 Å². The van der Waals surface area contributed by atoms with Crippen LogP contribution in [-0.4, -0.2) is 44.8 Å². The second kappa shape index (κ2) is 7.30. The highest BCUT2D eigenvalue weighted by atomic mass is 16.5. The van der Waals surface area contributed by atoms with Crippen molar-refractivity contribution >= 4 is 0 Å². The smallest absolute Gasteiger partial charge is 0.0503 e. The van der Waals surface area contributed by atoms with Gasteiger partial charge in [-0.25, -0.2) is 0 Å². The van der Waals surface area contributed by atoms with Crippen LogP contribution in [0, 0.1) is 5.92 Å². The molecule has 0 saturated carbocycles. The fraction of sp³-hybridized carbons (Fsp3) is 1.00. The number of likely N-dealkylation sites (N-methyl/N-ethyl adjacent to an activating group) is 1. The number of hydrogen-bond donors (Lipinski definition) is 1. The highest BCUT2D eigenvalue weighted by Crippen LogP contribution is 2.09. The van der Waals surface area contributed by atoms with Gasteiger partial charge >= 0.3 is 0 Å². The summed E-state index contributed by atoms with van der Waals surface area (Å²) in [5.74, 6) is 0.506. The van der Waals surface area contributed by atoms with Crippen molar-refractivity contribution in [1.82, 2.24) is 4.90 Å². The van der Waals surface area contributed by atoms with Crippen LogP contribution in [0.5, 0.6) is 0 Å². The van der Waals surface area contributed by atoms with Crippen molar-refractivity contribution in [3.8, 4) is 0 Å². The molecule has 0 aromatic carbocycles. The van der Waals surface area contributed by atoms with Crippen molar-refractivity contribution in [1.29, 1.82) is 0 Å². The zero-order valence-corrected chi connectivity index (χ0v) is 9.42. The monoisotopic (exact) mass is 188 g/mol. The van der Waals surface area contributed by atoms with Crippen molar-refractivity contribution in [2.75, 3.05) is 33.9 Å². The Morgan fingerprint density at radius 2 is 2.08 bits per heavy atom. The third kappa shape index (κ3) is 4.60. The van der Waals surface area contributed by atoms with E-state index < -0.39 is 0 Å². The van der Waals surface area contributed by atoms with Crippen LogP contribution in [0.4, 0.5) is 0 Å². The van der Waals surface area contributed by atoms with Gasteiger partial charge in [0.2, 0.25) is 0 Å². The van der Waals surface area contributed by atoms with Crippen LogP contribution in [0.15, 0.2) is 0 Å². The lowest BCUT2D eigenvalue weighted by molar-refractivity contribution is 0.0985. The lowest BCUT2D eigenvalue weighted by Crippen LogP contribution is -2.44. The normalized spacial score (nSPS) is 16.2. The van der Waals surface area contributed by atoms with Gasteiger partial charge in [-0.3, -0.25) is 0 Å². The van der Waals surface area contributed by atoms with Gasteiger partial charge in [-0.15, -0.1) is 0 Å². The maximum absolute atomic E-state index is 5.74. The van der Waals surface area contributed by atoms with Gasteiger partial charge in [0, 0.05) is 19.7 Å². The maximum Gasteiger partial charge on any atom is 0.0503 e. The lowest BCUT2D eigenvalue weighted by Gasteiger charge is -2.31. The van der Waals surface area contributed by atoms with Crippen molar-refractivity contribution < 1.29 is 4.74 Å². The quantitative estimate of drug-likeness (QED) is 0.646. The second-order valence-electron chi connectivity index (χ2n) is 3.72. The van der Waals surface area contributed by atoms with E-state index in [0.29, 0.717) is 18.5 Å². The summed E-state index contributed by atoms with van der Waals surface area (Å²) in [4.78, 5) is 2.32. The van der Waals surface area contributed by atoms with Gasteiger partial charge in [0.1, 0.15) is 0 Å². The molecular formula is C10H24N2O. The highest BCUT2D eigenvalue weighted by molar-refractivity contribution is 4.75. The molecule has 2 N–H and O–H groups in total. The average molecular weight is 188 g/mol. The van der Waals surface area contributed by atoms with Gasteiger partial charge in [0.05, 0.1) is 6.61 Å². The van der Waals surface area contributed by atoms with Crippen molar-refractivity contribution in [3.05, 3.63) is 0 Å². The fourth-order valence-electron chi connectivity index (χ4n) is 1.74. The topological polar surface area (TPSA) is 38.5 Å². The van der Waals surface area contributed by atoms with Crippen LogP contribution >= 0.6 is 0 Å². The van der Waals surface area contributed by atoms with Crippen LogP contribution in [0.2, 0.25) is 0 Å². The first-order chi connectivity index (χ1) is 6.17. The number of rotatable bonds is 7. The SMILES string of the molecule is CCCN(C)C(CN)C(C)COC. The van der Waals surface area contributed by atoms with Crippen LogP contribution < -0.4 is 5.73 Å². The molecule has 0 bridgehead atoms. The first-order valence-electron chi connectivity index (χ1n) is 5.06. The van der Waals surface area contributed by atoms with E-state index in [1.165, 1.54) is 6.42 Å². The Labute approximate surface area is 82.2 Å². The molecule has 0 rings (SSSR count). The summed E-state index contributed by atoms with van der Waals surface area (Å²) in [6.45, 7) is 6.98. The molecule has 3 nitrogen and oxygen atoms in total. The minimum absolute atomic E-state index is 0.444.